The van der Waals surface area contributed by atoms with Gasteiger partial charge in [-0.2, -0.15) is 5.26 Å². The van der Waals surface area contributed by atoms with Gasteiger partial charge < -0.3 is 0 Å². The Kier molecular flexibility index (Phi) is 4.87. The molecular weight excluding hydrogens is 454 g/mol. The number of imide groups is 1. The number of hydroxylamine groups is 1. The number of carbonyl (C=O) groups excluding carboxylic acids is 2. The smallest absolute Gasteiger partial charge is 0.267 e. The molecular formula is C25H21N3O3S2. The molecule has 0 saturated carbocycles. The fourth-order valence-corrected chi connectivity index (χ4v) is 7.41. The lowest BCUT2D eigenvalue weighted by Gasteiger charge is -2.28. The molecule has 3 aromatic rings. The highest BCUT2D eigenvalue weighted by atomic mass is 32.1. The van der Waals surface area contributed by atoms with Crippen LogP contribution in [0.2, 0.25) is 0 Å². The van der Waals surface area contributed by atoms with Gasteiger partial charge in [0.25, 0.3) is 5.91 Å². The van der Waals surface area contributed by atoms with Gasteiger partial charge in [-0.1, -0.05) is 24.3 Å². The van der Waals surface area contributed by atoms with Crippen LogP contribution in [0.5, 0.6) is 0 Å². The average Bonchev–Trinajstić information content (AvgIpc) is 3.58. The predicted octanol–water partition coefficient (Wildman–Crippen LogP) is 4.92. The lowest BCUT2D eigenvalue weighted by Crippen LogP contribution is -2.37. The molecule has 0 spiro atoms. The third kappa shape index (κ3) is 3.00. The van der Waals surface area contributed by atoms with Crippen molar-refractivity contribution >= 4 is 45.2 Å². The number of aryl methyl sites for hydroxylation is 2. The Balaban J connectivity index is 1.44. The number of benzene rings is 1. The Morgan fingerprint density at radius 1 is 1.09 bits per heavy atom. The van der Waals surface area contributed by atoms with Crippen LogP contribution >= 0.6 is 22.7 Å². The second-order valence-electron chi connectivity index (χ2n) is 8.64. The molecule has 3 atom stereocenters. The molecule has 2 fully saturated rings. The van der Waals surface area contributed by atoms with Crippen LogP contribution in [-0.4, -0.2) is 17.9 Å². The van der Waals surface area contributed by atoms with Crippen LogP contribution in [0, 0.1) is 24.2 Å². The van der Waals surface area contributed by atoms with Gasteiger partial charge in [-0.3, -0.25) is 14.4 Å². The van der Waals surface area contributed by atoms with E-state index in [0.717, 1.165) is 52.3 Å². The highest BCUT2D eigenvalue weighted by Crippen LogP contribution is 2.51. The Morgan fingerprint density at radius 2 is 1.91 bits per heavy atom. The van der Waals surface area contributed by atoms with Gasteiger partial charge in [0.1, 0.15) is 23.0 Å². The molecule has 0 radical (unpaired) electrons. The first kappa shape index (κ1) is 20.6. The predicted molar refractivity (Wildman–Crippen MR) is 127 cm³/mol. The van der Waals surface area contributed by atoms with Crippen LogP contribution < -0.4 is 9.96 Å². The summed E-state index contributed by atoms with van der Waals surface area (Å²) in [4.78, 5) is 37.0. The molecule has 2 aromatic heterocycles. The van der Waals surface area contributed by atoms with Crippen LogP contribution in [0.4, 0.5) is 10.7 Å². The monoisotopic (exact) mass is 475 g/mol. The van der Waals surface area contributed by atoms with E-state index in [4.69, 9.17) is 4.84 Å². The maximum atomic E-state index is 13.8. The lowest BCUT2D eigenvalue weighted by molar-refractivity contribution is -0.126. The number of fused-ring (bicyclic) bond motifs is 2. The number of hydrogen-bond acceptors (Lipinski definition) is 7. The zero-order chi connectivity index (χ0) is 22.7. The van der Waals surface area contributed by atoms with Crippen molar-refractivity contribution in [2.24, 2.45) is 5.92 Å². The summed E-state index contributed by atoms with van der Waals surface area (Å²) < 4.78 is 0. The van der Waals surface area contributed by atoms with Gasteiger partial charge in [0.2, 0.25) is 5.91 Å². The van der Waals surface area contributed by atoms with E-state index in [-0.39, 0.29) is 11.8 Å². The number of nitrogens with zero attached hydrogens (tertiary/aromatic N) is 3. The second-order valence-corrected chi connectivity index (χ2v) is 10.7. The van der Waals surface area contributed by atoms with Crippen molar-refractivity contribution in [3.8, 4) is 6.07 Å². The third-order valence-electron chi connectivity index (χ3n) is 6.77. The number of carbonyl (C=O) groups is 2. The number of nitriles is 1. The van der Waals surface area contributed by atoms with E-state index in [1.807, 2.05) is 48.7 Å². The summed E-state index contributed by atoms with van der Waals surface area (Å²) in [6, 6.07) is 13.6. The molecule has 1 aromatic carbocycles. The molecule has 0 bridgehead atoms. The van der Waals surface area contributed by atoms with Crippen LogP contribution in [0.3, 0.4) is 0 Å². The number of hydrogen-bond donors (Lipinski definition) is 0. The van der Waals surface area contributed by atoms with Crippen molar-refractivity contribution in [1.82, 2.24) is 0 Å². The van der Waals surface area contributed by atoms with E-state index in [2.05, 4.69) is 6.07 Å². The highest BCUT2D eigenvalue weighted by Gasteiger charge is 2.61. The molecule has 33 heavy (non-hydrogen) atoms. The van der Waals surface area contributed by atoms with Crippen molar-refractivity contribution < 1.29 is 14.4 Å². The van der Waals surface area contributed by atoms with E-state index < -0.39 is 18.1 Å². The second kappa shape index (κ2) is 7.80. The van der Waals surface area contributed by atoms with Gasteiger partial charge in [0.05, 0.1) is 11.3 Å². The summed E-state index contributed by atoms with van der Waals surface area (Å²) in [5.74, 6) is -1.33. The fourth-order valence-electron chi connectivity index (χ4n) is 5.21. The Morgan fingerprint density at radius 3 is 2.67 bits per heavy atom. The largest absolute Gasteiger partial charge is 0.273 e. The topological polar surface area (TPSA) is 73.6 Å². The van der Waals surface area contributed by atoms with Crippen molar-refractivity contribution in [1.29, 1.82) is 5.26 Å². The molecule has 4 heterocycles. The summed E-state index contributed by atoms with van der Waals surface area (Å²) in [6.45, 7) is 1.99. The summed E-state index contributed by atoms with van der Waals surface area (Å²) in [7, 11) is 0. The number of para-hydroxylation sites is 1. The van der Waals surface area contributed by atoms with Crippen molar-refractivity contribution in [3.63, 3.8) is 0 Å². The molecule has 0 N–H and O–H groups in total. The molecule has 3 aliphatic rings. The maximum Gasteiger partial charge on any atom is 0.267 e. The summed E-state index contributed by atoms with van der Waals surface area (Å²) in [6.07, 6.45) is 2.91. The van der Waals surface area contributed by atoms with E-state index in [1.54, 1.807) is 16.4 Å². The lowest BCUT2D eigenvalue weighted by atomic mass is 9.95. The number of amides is 2. The summed E-state index contributed by atoms with van der Waals surface area (Å²) >= 11 is 2.97. The molecule has 2 saturated heterocycles. The van der Waals surface area contributed by atoms with Crippen molar-refractivity contribution in [2.45, 2.75) is 44.8 Å². The Labute approximate surface area is 199 Å². The molecule has 8 heteroatoms. The van der Waals surface area contributed by atoms with Gasteiger partial charge in [-0.15, -0.1) is 22.7 Å². The minimum Gasteiger partial charge on any atom is -0.273 e. The number of anilines is 2. The first-order valence-corrected chi connectivity index (χ1v) is 12.8. The molecule has 1 aliphatic carbocycles. The minimum atomic E-state index is -0.908. The van der Waals surface area contributed by atoms with E-state index in [0.29, 0.717) is 10.6 Å². The maximum absolute atomic E-state index is 13.8. The van der Waals surface area contributed by atoms with E-state index in [9.17, 15) is 14.9 Å². The van der Waals surface area contributed by atoms with Crippen LogP contribution in [0.25, 0.3) is 0 Å². The fraction of sp³-hybridized carbons (Fsp3) is 0.320. The summed E-state index contributed by atoms with van der Waals surface area (Å²) in [5.41, 5.74) is 3.36. The van der Waals surface area contributed by atoms with E-state index in [1.165, 1.54) is 16.2 Å². The SMILES string of the molecule is Cc1ccccc1N1O[C@@H]2C(=O)N(c3sc4c(c3C#N)CCCC4)C(=O)[C@@H]2[C@@H]1c1cccs1. The molecule has 2 amide bonds. The highest BCUT2D eigenvalue weighted by molar-refractivity contribution is 7.17. The van der Waals surface area contributed by atoms with Gasteiger partial charge in [-0.25, -0.2) is 9.96 Å². The quantitative estimate of drug-likeness (QED) is 0.503. The Hall–Kier alpha value is -2.99. The van der Waals surface area contributed by atoms with Gasteiger partial charge in [0, 0.05) is 9.75 Å². The van der Waals surface area contributed by atoms with Gasteiger partial charge in [-0.05, 0) is 61.2 Å². The average molecular weight is 476 g/mol. The molecule has 6 nitrogen and oxygen atoms in total. The van der Waals surface area contributed by atoms with Crippen LogP contribution in [-0.2, 0) is 27.3 Å². The minimum absolute atomic E-state index is 0.283. The zero-order valence-electron chi connectivity index (χ0n) is 18.0. The zero-order valence-corrected chi connectivity index (χ0v) is 19.6. The molecule has 0 unspecified atom stereocenters. The van der Waals surface area contributed by atoms with Crippen LogP contribution in [0.15, 0.2) is 41.8 Å². The first-order chi connectivity index (χ1) is 16.1. The number of thiophene rings is 2. The molecule has 2 aliphatic heterocycles. The number of rotatable bonds is 3. The molecule has 6 rings (SSSR count). The Bertz CT molecular complexity index is 1310. The summed E-state index contributed by atoms with van der Waals surface area (Å²) in [5, 5.41) is 14.1. The third-order valence-corrected chi connectivity index (χ3v) is 8.99. The first-order valence-electron chi connectivity index (χ1n) is 11.1. The normalized spacial score (nSPS) is 24.2. The molecule has 166 valence electrons. The van der Waals surface area contributed by atoms with Gasteiger partial charge >= 0.3 is 0 Å². The van der Waals surface area contributed by atoms with Crippen molar-refractivity contribution in [2.75, 3.05) is 9.96 Å². The van der Waals surface area contributed by atoms with Crippen molar-refractivity contribution in [3.05, 3.63) is 68.2 Å². The standard InChI is InChI=1S/C25H21N3O3S2/c1-14-7-2-4-9-17(14)28-21(19-11-6-12-32-19)20-22(31-28)24(30)27(23(20)29)25-16(13-26)15-8-3-5-10-18(15)33-25/h2,4,6-7,9,11-12,20-22H,3,5,8,10H2,1H3/t20-,21+,22+/m1/s1. The van der Waals surface area contributed by atoms with Gasteiger partial charge in [0.15, 0.2) is 6.10 Å². The van der Waals surface area contributed by atoms with E-state index >= 15 is 0 Å². The van der Waals surface area contributed by atoms with Crippen LogP contribution in [0.1, 0.15) is 45.3 Å².